The summed E-state index contributed by atoms with van der Waals surface area (Å²) in [5.74, 6) is 1.71. The molecule has 1 aliphatic rings. The molecule has 0 bridgehead atoms. The zero-order valence-electron chi connectivity index (χ0n) is 11.9. The molecule has 0 saturated carbocycles. The van der Waals surface area contributed by atoms with E-state index in [0.717, 1.165) is 37.0 Å². The van der Waals surface area contributed by atoms with Gasteiger partial charge in [-0.1, -0.05) is 13.8 Å². The Morgan fingerprint density at radius 2 is 1.79 bits per heavy atom. The van der Waals surface area contributed by atoms with E-state index >= 15 is 0 Å². The van der Waals surface area contributed by atoms with Gasteiger partial charge in [0.25, 0.3) is 0 Å². The SMILES string of the molecule is CC1CC(C)CN(CCC(=O)c2ccc(N)cc2)C1. The number of carbonyl (C=O) groups is 1. The van der Waals surface area contributed by atoms with Crippen molar-refractivity contribution in [2.24, 2.45) is 11.8 Å². The molecule has 0 aromatic heterocycles. The van der Waals surface area contributed by atoms with E-state index in [1.807, 2.05) is 12.1 Å². The van der Waals surface area contributed by atoms with Gasteiger partial charge >= 0.3 is 0 Å². The van der Waals surface area contributed by atoms with E-state index in [9.17, 15) is 4.79 Å². The molecule has 2 atom stereocenters. The Labute approximate surface area is 115 Å². The van der Waals surface area contributed by atoms with Crippen molar-refractivity contribution in [2.75, 3.05) is 25.4 Å². The molecule has 3 nitrogen and oxygen atoms in total. The molecule has 1 aromatic rings. The molecule has 0 aliphatic carbocycles. The average Bonchev–Trinajstić information content (AvgIpc) is 2.36. The van der Waals surface area contributed by atoms with Gasteiger partial charge in [-0.25, -0.2) is 0 Å². The highest BCUT2D eigenvalue weighted by molar-refractivity contribution is 5.96. The molecule has 2 rings (SSSR count). The third-order valence-electron chi connectivity index (χ3n) is 3.83. The van der Waals surface area contributed by atoms with E-state index in [2.05, 4.69) is 18.7 Å². The number of benzene rings is 1. The summed E-state index contributed by atoms with van der Waals surface area (Å²) in [6.07, 6.45) is 1.91. The van der Waals surface area contributed by atoms with Gasteiger partial charge in [0.2, 0.25) is 0 Å². The van der Waals surface area contributed by atoms with Crippen LogP contribution in [0.3, 0.4) is 0 Å². The fraction of sp³-hybridized carbons (Fsp3) is 0.562. The van der Waals surface area contributed by atoms with Crippen LogP contribution in [0.15, 0.2) is 24.3 Å². The largest absolute Gasteiger partial charge is 0.399 e. The lowest BCUT2D eigenvalue weighted by Crippen LogP contribution is -2.39. The Morgan fingerprint density at radius 1 is 1.21 bits per heavy atom. The number of nitrogen functional groups attached to an aromatic ring is 1. The van der Waals surface area contributed by atoms with Crippen molar-refractivity contribution in [3.8, 4) is 0 Å². The lowest BCUT2D eigenvalue weighted by molar-refractivity contribution is 0.0926. The molecule has 0 radical (unpaired) electrons. The Balaban J connectivity index is 1.84. The van der Waals surface area contributed by atoms with Crippen LogP contribution in [0.2, 0.25) is 0 Å². The smallest absolute Gasteiger partial charge is 0.164 e. The van der Waals surface area contributed by atoms with Gasteiger partial charge < -0.3 is 10.6 Å². The molecular weight excluding hydrogens is 236 g/mol. The maximum absolute atomic E-state index is 12.1. The van der Waals surface area contributed by atoms with Gasteiger partial charge in [0, 0.05) is 37.3 Å². The van der Waals surface area contributed by atoms with E-state index in [1.165, 1.54) is 6.42 Å². The van der Waals surface area contributed by atoms with Crippen molar-refractivity contribution in [1.29, 1.82) is 0 Å². The second kappa shape index (κ2) is 6.20. The number of piperidine rings is 1. The highest BCUT2D eigenvalue weighted by Crippen LogP contribution is 2.21. The number of nitrogens with two attached hydrogens (primary N) is 1. The van der Waals surface area contributed by atoms with Crippen LogP contribution in [0.25, 0.3) is 0 Å². The molecule has 104 valence electrons. The Bertz CT molecular complexity index is 417. The first-order valence-corrected chi connectivity index (χ1v) is 7.15. The summed E-state index contributed by atoms with van der Waals surface area (Å²) in [6.45, 7) is 7.71. The van der Waals surface area contributed by atoms with E-state index in [0.29, 0.717) is 12.1 Å². The van der Waals surface area contributed by atoms with Crippen molar-refractivity contribution < 1.29 is 4.79 Å². The van der Waals surface area contributed by atoms with E-state index in [-0.39, 0.29) is 5.78 Å². The predicted molar refractivity (Wildman–Crippen MR) is 79.2 cm³/mol. The van der Waals surface area contributed by atoms with Crippen molar-refractivity contribution in [3.63, 3.8) is 0 Å². The van der Waals surface area contributed by atoms with Crippen molar-refractivity contribution in [2.45, 2.75) is 26.7 Å². The number of anilines is 1. The molecule has 1 fully saturated rings. The summed E-state index contributed by atoms with van der Waals surface area (Å²) in [7, 11) is 0. The standard InChI is InChI=1S/C16H24N2O/c1-12-9-13(2)11-18(10-12)8-7-16(19)14-3-5-15(17)6-4-14/h3-6,12-13H,7-11,17H2,1-2H3. The Hall–Kier alpha value is -1.35. The number of carbonyl (C=O) groups excluding carboxylic acids is 1. The Kier molecular flexibility index (Phi) is 4.59. The highest BCUT2D eigenvalue weighted by atomic mass is 16.1. The second-order valence-electron chi connectivity index (χ2n) is 6.00. The monoisotopic (exact) mass is 260 g/mol. The average molecular weight is 260 g/mol. The summed E-state index contributed by atoms with van der Waals surface area (Å²) in [5, 5.41) is 0. The lowest BCUT2D eigenvalue weighted by Gasteiger charge is -2.34. The van der Waals surface area contributed by atoms with Crippen LogP contribution in [0.4, 0.5) is 5.69 Å². The van der Waals surface area contributed by atoms with Crippen molar-refractivity contribution >= 4 is 11.5 Å². The molecule has 0 spiro atoms. The molecule has 1 aliphatic heterocycles. The van der Waals surface area contributed by atoms with Gasteiger partial charge in [-0.3, -0.25) is 4.79 Å². The summed E-state index contributed by atoms with van der Waals surface area (Å²) in [6, 6.07) is 7.22. The summed E-state index contributed by atoms with van der Waals surface area (Å²) < 4.78 is 0. The van der Waals surface area contributed by atoms with Crippen LogP contribution in [0, 0.1) is 11.8 Å². The fourth-order valence-electron chi connectivity index (χ4n) is 3.05. The first-order valence-electron chi connectivity index (χ1n) is 7.15. The van der Waals surface area contributed by atoms with Crippen LogP contribution in [0.1, 0.15) is 37.0 Å². The van der Waals surface area contributed by atoms with Crippen LogP contribution in [-0.4, -0.2) is 30.3 Å². The van der Waals surface area contributed by atoms with E-state index < -0.39 is 0 Å². The minimum Gasteiger partial charge on any atom is -0.399 e. The molecule has 1 saturated heterocycles. The Morgan fingerprint density at radius 3 is 2.37 bits per heavy atom. The van der Waals surface area contributed by atoms with Gasteiger partial charge in [-0.2, -0.15) is 0 Å². The van der Waals surface area contributed by atoms with Gasteiger partial charge in [0.15, 0.2) is 5.78 Å². The molecule has 19 heavy (non-hydrogen) atoms. The summed E-state index contributed by atoms with van der Waals surface area (Å²) in [5.41, 5.74) is 7.10. The molecule has 0 amide bonds. The topological polar surface area (TPSA) is 46.3 Å². The van der Waals surface area contributed by atoms with Crippen LogP contribution in [0.5, 0.6) is 0 Å². The van der Waals surface area contributed by atoms with Gasteiger partial charge in [-0.15, -0.1) is 0 Å². The van der Waals surface area contributed by atoms with Crippen LogP contribution in [-0.2, 0) is 0 Å². The number of rotatable bonds is 4. The van der Waals surface area contributed by atoms with Gasteiger partial charge in [0.1, 0.15) is 0 Å². The molecule has 3 heteroatoms. The first-order chi connectivity index (χ1) is 9.04. The maximum Gasteiger partial charge on any atom is 0.164 e. The minimum atomic E-state index is 0.214. The molecule has 2 unspecified atom stereocenters. The quantitative estimate of drug-likeness (QED) is 0.669. The summed E-state index contributed by atoms with van der Waals surface area (Å²) in [4.78, 5) is 14.5. The minimum absolute atomic E-state index is 0.214. The molecule has 1 heterocycles. The predicted octanol–water partition coefficient (Wildman–Crippen LogP) is 2.82. The number of Topliss-reactive ketones (excluding diaryl/α,β-unsaturated/α-hetero) is 1. The van der Waals surface area contributed by atoms with Crippen LogP contribution < -0.4 is 5.73 Å². The lowest BCUT2D eigenvalue weighted by atomic mass is 9.91. The number of likely N-dealkylation sites (tertiary alicyclic amines) is 1. The zero-order valence-corrected chi connectivity index (χ0v) is 11.9. The molecular formula is C16H24N2O. The maximum atomic E-state index is 12.1. The third kappa shape index (κ3) is 4.06. The number of ketones is 1. The molecule has 1 aromatic carbocycles. The summed E-state index contributed by atoms with van der Waals surface area (Å²) >= 11 is 0. The van der Waals surface area contributed by atoms with Crippen LogP contribution >= 0.6 is 0 Å². The van der Waals surface area contributed by atoms with Gasteiger partial charge in [-0.05, 0) is 42.5 Å². The number of nitrogens with zero attached hydrogens (tertiary/aromatic N) is 1. The van der Waals surface area contributed by atoms with E-state index in [1.54, 1.807) is 12.1 Å². The van der Waals surface area contributed by atoms with Crippen molar-refractivity contribution in [3.05, 3.63) is 29.8 Å². The van der Waals surface area contributed by atoms with E-state index in [4.69, 9.17) is 5.73 Å². The number of hydrogen-bond donors (Lipinski definition) is 1. The normalized spacial score (nSPS) is 24.3. The van der Waals surface area contributed by atoms with Gasteiger partial charge in [0.05, 0.1) is 0 Å². The van der Waals surface area contributed by atoms with Crippen molar-refractivity contribution in [1.82, 2.24) is 4.90 Å². The molecule has 2 N–H and O–H groups in total. The highest BCUT2D eigenvalue weighted by Gasteiger charge is 2.21. The fourth-order valence-corrected chi connectivity index (χ4v) is 3.05. The third-order valence-corrected chi connectivity index (χ3v) is 3.83. The zero-order chi connectivity index (χ0) is 13.8. The second-order valence-corrected chi connectivity index (χ2v) is 6.00. The number of hydrogen-bond acceptors (Lipinski definition) is 3. The first kappa shape index (κ1) is 14.1.